The Bertz CT molecular complexity index is 1070. The van der Waals surface area contributed by atoms with E-state index in [1.165, 1.54) is 22.6 Å². The molecule has 1 aromatic heterocycles. The van der Waals surface area contributed by atoms with Gasteiger partial charge < -0.3 is 9.88 Å². The largest absolute Gasteiger partial charge is 0.352 e. The molecule has 3 rings (SSSR count). The number of aryl methyl sites for hydroxylation is 1. The summed E-state index contributed by atoms with van der Waals surface area (Å²) in [5.74, 6) is 0.0818. The Morgan fingerprint density at radius 2 is 1.93 bits per heavy atom. The number of carbonyl (C=O) groups excluding carboxylic acids is 1. The fourth-order valence-electron chi connectivity index (χ4n) is 3.64. The Morgan fingerprint density at radius 1 is 1.24 bits per heavy atom. The summed E-state index contributed by atoms with van der Waals surface area (Å²) in [4.78, 5) is 25.5. The minimum Gasteiger partial charge on any atom is -0.352 e. The number of sulfonamides is 1. The molecule has 8 heteroatoms. The Balaban J connectivity index is 2.01. The van der Waals surface area contributed by atoms with Crippen LogP contribution in [0.5, 0.6) is 0 Å². The van der Waals surface area contributed by atoms with Gasteiger partial charge in [-0.1, -0.05) is 20.3 Å². The van der Waals surface area contributed by atoms with E-state index in [1.54, 1.807) is 17.7 Å². The van der Waals surface area contributed by atoms with Crippen molar-refractivity contribution in [1.29, 1.82) is 0 Å². The number of hydrogen-bond donors (Lipinski definition) is 1. The molecule has 2 heterocycles. The van der Waals surface area contributed by atoms with Gasteiger partial charge in [-0.05, 0) is 43.4 Å². The average molecular weight is 420 g/mol. The molecule has 7 nitrogen and oxygen atoms in total. The molecule has 2 aromatic rings. The fraction of sp³-hybridized carbons (Fsp3) is 0.524. The Hall–Kier alpha value is -2.19. The van der Waals surface area contributed by atoms with Crippen LogP contribution in [0.15, 0.2) is 34.1 Å². The van der Waals surface area contributed by atoms with Crippen molar-refractivity contribution in [2.24, 2.45) is 13.0 Å². The highest BCUT2D eigenvalue weighted by Gasteiger charge is 2.28. The molecule has 1 saturated heterocycles. The van der Waals surface area contributed by atoms with Gasteiger partial charge in [-0.2, -0.15) is 4.31 Å². The summed E-state index contributed by atoms with van der Waals surface area (Å²) in [6.45, 7) is 5.61. The van der Waals surface area contributed by atoms with E-state index >= 15 is 0 Å². The number of fused-ring (bicyclic) bond motifs is 1. The molecule has 1 aliphatic heterocycles. The van der Waals surface area contributed by atoms with Crippen LogP contribution in [-0.2, 0) is 17.1 Å². The zero-order valence-electron chi connectivity index (χ0n) is 17.3. The lowest BCUT2D eigenvalue weighted by atomic mass is 10.0. The van der Waals surface area contributed by atoms with Crippen molar-refractivity contribution in [2.45, 2.75) is 44.4 Å². The van der Waals surface area contributed by atoms with Crippen LogP contribution in [0.2, 0.25) is 0 Å². The zero-order valence-corrected chi connectivity index (χ0v) is 18.1. The number of aromatic nitrogens is 1. The second kappa shape index (κ2) is 8.67. The third kappa shape index (κ3) is 4.38. The van der Waals surface area contributed by atoms with E-state index < -0.39 is 21.4 Å². The van der Waals surface area contributed by atoms with Crippen molar-refractivity contribution in [2.75, 3.05) is 19.6 Å². The van der Waals surface area contributed by atoms with Gasteiger partial charge >= 0.3 is 0 Å². The van der Waals surface area contributed by atoms with Crippen LogP contribution in [0.25, 0.3) is 10.9 Å². The molecule has 1 N–H and O–H groups in total. The minimum absolute atomic E-state index is 0.0254. The number of piperidine rings is 1. The molecular weight excluding hydrogens is 390 g/mol. The number of pyridine rings is 1. The third-order valence-corrected chi connectivity index (χ3v) is 7.50. The van der Waals surface area contributed by atoms with Crippen LogP contribution in [0.4, 0.5) is 0 Å². The minimum atomic E-state index is -3.67. The van der Waals surface area contributed by atoms with Crippen molar-refractivity contribution in [3.8, 4) is 0 Å². The van der Waals surface area contributed by atoms with E-state index in [-0.39, 0.29) is 15.8 Å². The van der Waals surface area contributed by atoms with E-state index in [1.807, 2.05) is 6.92 Å². The number of nitrogens with one attached hydrogen (secondary N) is 1. The summed E-state index contributed by atoms with van der Waals surface area (Å²) in [5.41, 5.74) is 0.167. The predicted molar refractivity (Wildman–Crippen MR) is 114 cm³/mol. The average Bonchev–Trinajstić information content (AvgIpc) is 2.70. The molecule has 0 saturated carbocycles. The number of hydrogen-bond acceptors (Lipinski definition) is 4. The van der Waals surface area contributed by atoms with Crippen molar-refractivity contribution < 1.29 is 13.2 Å². The molecule has 0 atom stereocenters. The number of benzene rings is 1. The SMILES string of the molecule is CCCCNC(=O)c1cn(C)c2ccc(S(=O)(=O)N3CCC(C)CC3)cc2c1=O. The number of carbonyl (C=O) groups is 1. The lowest BCUT2D eigenvalue weighted by Crippen LogP contribution is -2.38. The normalized spacial score (nSPS) is 16.2. The molecule has 0 radical (unpaired) electrons. The van der Waals surface area contributed by atoms with Gasteiger partial charge in [-0.15, -0.1) is 0 Å². The summed E-state index contributed by atoms with van der Waals surface area (Å²) in [5, 5.41) is 2.99. The van der Waals surface area contributed by atoms with Gasteiger partial charge in [0.15, 0.2) is 0 Å². The maximum atomic E-state index is 13.1. The van der Waals surface area contributed by atoms with Crippen molar-refractivity contribution >= 4 is 26.8 Å². The van der Waals surface area contributed by atoms with E-state index in [9.17, 15) is 18.0 Å². The first-order valence-corrected chi connectivity index (χ1v) is 11.6. The number of unbranched alkanes of at least 4 members (excludes halogenated alkanes) is 1. The molecule has 0 bridgehead atoms. The van der Waals surface area contributed by atoms with Crippen LogP contribution in [0, 0.1) is 5.92 Å². The highest BCUT2D eigenvalue weighted by molar-refractivity contribution is 7.89. The molecule has 158 valence electrons. The van der Waals surface area contributed by atoms with E-state index in [4.69, 9.17) is 0 Å². The highest BCUT2D eigenvalue weighted by atomic mass is 32.2. The molecule has 1 amide bonds. The van der Waals surface area contributed by atoms with Crippen LogP contribution in [-0.4, -0.2) is 42.8 Å². The van der Waals surface area contributed by atoms with Gasteiger partial charge in [-0.3, -0.25) is 9.59 Å². The Labute approximate surface area is 171 Å². The number of nitrogens with zero attached hydrogens (tertiary/aromatic N) is 2. The standard InChI is InChI=1S/C21H29N3O4S/c1-4-5-10-22-21(26)18-14-23(3)19-7-6-16(13-17(19)20(18)25)29(27,28)24-11-8-15(2)9-12-24/h6-7,13-15H,4-5,8-12H2,1-3H3,(H,22,26). The lowest BCUT2D eigenvalue weighted by Gasteiger charge is -2.29. The van der Waals surface area contributed by atoms with Crippen LogP contribution < -0.4 is 10.7 Å². The van der Waals surface area contributed by atoms with Crippen molar-refractivity contribution in [3.05, 3.63) is 40.2 Å². The molecule has 0 aliphatic carbocycles. The third-order valence-electron chi connectivity index (χ3n) is 5.60. The number of amides is 1. The molecular formula is C21H29N3O4S. The van der Waals surface area contributed by atoms with Crippen molar-refractivity contribution in [1.82, 2.24) is 14.2 Å². The molecule has 0 unspecified atom stereocenters. The molecule has 0 spiro atoms. The second-order valence-electron chi connectivity index (χ2n) is 7.86. The Kier molecular flexibility index (Phi) is 6.43. The first kappa shape index (κ1) is 21.5. The molecule has 1 fully saturated rings. The first-order valence-electron chi connectivity index (χ1n) is 10.2. The van der Waals surface area contributed by atoms with E-state index in [0.29, 0.717) is 31.1 Å². The Morgan fingerprint density at radius 3 is 2.59 bits per heavy atom. The summed E-state index contributed by atoms with van der Waals surface area (Å²) in [6.07, 6.45) is 4.93. The molecule has 1 aliphatic rings. The topological polar surface area (TPSA) is 88.5 Å². The maximum Gasteiger partial charge on any atom is 0.256 e. The van der Waals surface area contributed by atoms with Gasteiger partial charge in [-0.25, -0.2) is 8.42 Å². The van der Waals surface area contributed by atoms with Crippen molar-refractivity contribution in [3.63, 3.8) is 0 Å². The smallest absolute Gasteiger partial charge is 0.256 e. The van der Waals surface area contributed by atoms with Gasteiger partial charge in [0.25, 0.3) is 5.91 Å². The summed E-state index contributed by atoms with van der Waals surface area (Å²) >= 11 is 0. The van der Waals surface area contributed by atoms with E-state index in [0.717, 1.165) is 25.7 Å². The summed E-state index contributed by atoms with van der Waals surface area (Å²) in [7, 11) is -1.93. The number of rotatable bonds is 6. The maximum absolute atomic E-state index is 13.1. The monoisotopic (exact) mass is 419 g/mol. The fourth-order valence-corrected chi connectivity index (χ4v) is 5.14. The van der Waals surface area contributed by atoms with Gasteiger partial charge in [0.1, 0.15) is 5.56 Å². The molecule has 29 heavy (non-hydrogen) atoms. The molecule has 1 aromatic carbocycles. The summed E-state index contributed by atoms with van der Waals surface area (Å²) in [6, 6.07) is 4.58. The van der Waals surface area contributed by atoms with E-state index in [2.05, 4.69) is 12.2 Å². The second-order valence-corrected chi connectivity index (χ2v) is 9.80. The zero-order chi connectivity index (χ0) is 21.2. The highest BCUT2D eigenvalue weighted by Crippen LogP contribution is 2.25. The first-order chi connectivity index (χ1) is 13.8. The van der Waals surface area contributed by atoms with Crippen LogP contribution in [0.3, 0.4) is 0 Å². The lowest BCUT2D eigenvalue weighted by molar-refractivity contribution is 0.0951. The van der Waals surface area contributed by atoms with Gasteiger partial charge in [0.2, 0.25) is 15.5 Å². The summed E-state index contributed by atoms with van der Waals surface area (Å²) < 4.78 is 29.3. The van der Waals surface area contributed by atoms with Crippen LogP contribution in [0.1, 0.15) is 49.9 Å². The van der Waals surface area contributed by atoms with Crippen LogP contribution >= 0.6 is 0 Å². The quantitative estimate of drug-likeness (QED) is 0.729. The predicted octanol–water partition coefficient (Wildman–Crippen LogP) is 2.49. The van der Waals surface area contributed by atoms with Gasteiger partial charge in [0, 0.05) is 38.3 Å². The van der Waals surface area contributed by atoms with Gasteiger partial charge in [0.05, 0.1) is 10.4 Å².